The Hall–Kier alpha value is -2.82. The third-order valence-corrected chi connectivity index (χ3v) is 5.29. The minimum atomic E-state index is -0.0322. The van der Waals surface area contributed by atoms with Gasteiger partial charge in [0.25, 0.3) is 5.91 Å². The van der Waals surface area contributed by atoms with Gasteiger partial charge in [-0.3, -0.25) is 9.69 Å². The van der Waals surface area contributed by atoms with Crippen molar-refractivity contribution in [1.29, 1.82) is 0 Å². The molecule has 0 radical (unpaired) electrons. The van der Waals surface area contributed by atoms with Gasteiger partial charge in [0.05, 0.1) is 0 Å². The molecule has 1 saturated carbocycles. The molecule has 1 N–H and O–H groups in total. The third kappa shape index (κ3) is 3.97. The first-order valence-corrected chi connectivity index (χ1v) is 9.64. The van der Waals surface area contributed by atoms with Crippen LogP contribution < -0.4 is 10.2 Å². The lowest BCUT2D eigenvalue weighted by Crippen LogP contribution is -2.49. The molecule has 0 atom stereocenters. The molecule has 0 aromatic heterocycles. The molecule has 2 aromatic carbocycles. The Bertz CT molecular complexity index is 843. The summed E-state index contributed by atoms with van der Waals surface area (Å²) in [5.74, 6) is -0.0322. The number of benzene rings is 2. The number of carbonyl (C=O) groups is 2. The van der Waals surface area contributed by atoms with Gasteiger partial charge < -0.3 is 10.2 Å². The number of hydrogen-bond donors (Lipinski definition) is 1. The van der Waals surface area contributed by atoms with Crippen LogP contribution in [0.1, 0.15) is 40.7 Å². The summed E-state index contributed by atoms with van der Waals surface area (Å²) in [7, 11) is 0. The van der Waals surface area contributed by atoms with E-state index in [4.69, 9.17) is 0 Å². The van der Waals surface area contributed by atoms with Gasteiger partial charge in [-0.05, 0) is 61.6 Å². The molecular weight excluding hydrogens is 338 g/mol. The highest BCUT2D eigenvalue weighted by Crippen LogP contribution is 2.23. The summed E-state index contributed by atoms with van der Waals surface area (Å²) in [5, 5.41) is 2.99. The van der Waals surface area contributed by atoms with Crippen molar-refractivity contribution in [2.45, 2.75) is 38.8 Å². The summed E-state index contributed by atoms with van der Waals surface area (Å²) in [6.45, 7) is 4.18. The lowest BCUT2D eigenvalue weighted by atomic mass is 10.1. The zero-order valence-corrected chi connectivity index (χ0v) is 15.6. The van der Waals surface area contributed by atoms with Gasteiger partial charge in [0.2, 0.25) is 0 Å². The Kier molecular flexibility index (Phi) is 4.84. The van der Waals surface area contributed by atoms with E-state index in [0.29, 0.717) is 24.7 Å². The van der Waals surface area contributed by atoms with Gasteiger partial charge in [-0.2, -0.15) is 0 Å². The summed E-state index contributed by atoms with van der Waals surface area (Å²) < 4.78 is 0. The van der Waals surface area contributed by atoms with E-state index in [9.17, 15) is 9.59 Å². The summed E-state index contributed by atoms with van der Waals surface area (Å²) in [5.41, 5.74) is 3.87. The Morgan fingerprint density at radius 3 is 2.52 bits per heavy atom. The Balaban J connectivity index is 1.45. The van der Waals surface area contributed by atoms with Crippen LogP contribution in [0, 0.1) is 6.92 Å². The van der Waals surface area contributed by atoms with E-state index in [1.165, 1.54) is 11.1 Å². The maximum atomic E-state index is 13.0. The van der Waals surface area contributed by atoms with Gasteiger partial charge in [-0.15, -0.1) is 0 Å². The van der Waals surface area contributed by atoms with Gasteiger partial charge in [-0.25, -0.2) is 4.79 Å². The second kappa shape index (κ2) is 7.43. The average Bonchev–Trinajstić information content (AvgIpc) is 3.49. The Labute approximate surface area is 160 Å². The average molecular weight is 363 g/mol. The molecule has 0 bridgehead atoms. The lowest BCUT2D eigenvalue weighted by molar-refractivity contribution is 0.0951. The minimum absolute atomic E-state index is 0.0275. The van der Waals surface area contributed by atoms with Crippen molar-refractivity contribution in [1.82, 2.24) is 10.2 Å². The summed E-state index contributed by atoms with van der Waals surface area (Å²) >= 11 is 0. The van der Waals surface area contributed by atoms with Crippen molar-refractivity contribution < 1.29 is 9.59 Å². The molecule has 1 heterocycles. The highest BCUT2D eigenvalue weighted by Gasteiger charge is 2.27. The first-order valence-electron chi connectivity index (χ1n) is 9.64. The zero-order chi connectivity index (χ0) is 18.8. The number of amides is 3. The van der Waals surface area contributed by atoms with Gasteiger partial charge in [-0.1, -0.05) is 24.3 Å². The van der Waals surface area contributed by atoms with Gasteiger partial charge in [0.1, 0.15) is 0 Å². The van der Waals surface area contributed by atoms with E-state index in [0.717, 1.165) is 31.5 Å². The molecule has 2 aliphatic rings. The van der Waals surface area contributed by atoms with E-state index in [1.54, 1.807) is 12.1 Å². The van der Waals surface area contributed by atoms with Gasteiger partial charge in [0.15, 0.2) is 0 Å². The van der Waals surface area contributed by atoms with Crippen LogP contribution in [0.15, 0.2) is 48.5 Å². The van der Waals surface area contributed by atoms with Crippen molar-refractivity contribution in [3.8, 4) is 0 Å². The number of carbonyl (C=O) groups excluding carboxylic acids is 2. The standard InChI is InChI=1S/C22H25N3O2/c1-16-5-2-3-6-18(16)15-24-13-4-14-25(22(24)27)20-11-7-17(8-12-20)21(26)23-19-9-10-19/h2-3,5-8,11-12,19H,4,9-10,13-15H2,1H3,(H,23,26). The molecule has 1 aliphatic carbocycles. The van der Waals surface area contributed by atoms with E-state index in [1.807, 2.05) is 34.1 Å². The molecule has 5 heteroatoms. The van der Waals surface area contributed by atoms with E-state index in [2.05, 4.69) is 24.4 Å². The molecule has 2 fully saturated rings. The topological polar surface area (TPSA) is 52.6 Å². The molecular formula is C22H25N3O2. The van der Waals surface area contributed by atoms with Crippen LogP contribution in [0.25, 0.3) is 0 Å². The van der Waals surface area contributed by atoms with Crippen molar-refractivity contribution in [3.63, 3.8) is 0 Å². The fourth-order valence-corrected chi connectivity index (χ4v) is 3.45. The Morgan fingerprint density at radius 2 is 1.81 bits per heavy atom. The molecule has 4 rings (SSSR count). The maximum Gasteiger partial charge on any atom is 0.324 e. The van der Waals surface area contributed by atoms with Gasteiger partial charge in [0, 0.05) is 36.9 Å². The number of anilines is 1. The van der Waals surface area contributed by atoms with Crippen molar-refractivity contribution >= 4 is 17.6 Å². The SMILES string of the molecule is Cc1ccccc1CN1CCCN(c2ccc(C(=O)NC3CC3)cc2)C1=O. The summed E-state index contributed by atoms with van der Waals surface area (Å²) in [6, 6.07) is 15.9. The van der Waals surface area contributed by atoms with E-state index < -0.39 is 0 Å². The minimum Gasteiger partial charge on any atom is -0.349 e. The zero-order valence-electron chi connectivity index (χ0n) is 15.6. The van der Waals surface area contributed by atoms with Crippen LogP contribution in [-0.2, 0) is 6.54 Å². The first-order chi connectivity index (χ1) is 13.1. The Morgan fingerprint density at radius 1 is 1.07 bits per heavy atom. The van der Waals surface area contributed by atoms with Crippen LogP contribution in [0.3, 0.4) is 0 Å². The quantitative estimate of drug-likeness (QED) is 0.880. The van der Waals surface area contributed by atoms with Crippen LogP contribution in [0.5, 0.6) is 0 Å². The largest absolute Gasteiger partial charge is 0.349 e. The number of hydrogen-bond acceptors (Lipinski definition) is 2. The first kappa shape index (κ1) is 17.6. The smallest absolute Gasteiger partial charge is 0.324 e. The van der Waals surface area contributed by atoms with Crippen LogP contribution in [-0.4, -0.2) is 36.0 Å². The van der Waals surface area contributed by atoms with Crippen LogP contribution in [0.4, 0.5) is 10.5 Å². The predicted molar refractivity (Wildman–Crippen MR) is 106 cm³/mol. The second-order valence-corrected chi connectivity index (χ2v) is 7.43. The number of nitrogens with one attached hydrogen (secondary N) is 1. The van der Waals surface area contributed by atoms with E-state index >= 15 is 0 Å². The molecule has 5 nitrogen and oxygen atoms in total. The molecule has 0 unspecified atom stereocenters. The fraction of sp³-hybridized carbons (Fsp3) is 0.364. The van der Waals surface area contributed by atoms with Crippen LogP contribution in [0.2, 0.25) is 0 Å². The molecule has 2 aromatic rings. The summed E-state index contributed by atoms with van der Waals surface area (Å²) in [6.07, 6.45) is 3.08. The van der Waals surface area contributed by atoms with Crippen molar-refractivity contribution in [2.24, 2.45) is 0 Å². The van der Waals surface area contributed by atoms with Crippen molar-refractivity contribution in [2.75, 3.05) is 18.0 Å². The number of nitrogens with zero attached hydrogens (tertiary/aromatic N) is 2. The number of urea groups is 1. The van der Waals surface area contributed by atoms with Crippen LogP contribution >= 0.6 is 0 Å². The number of aryl methyl sites for hydroxylation is 1. The van der Waals surface area contributed by atoms with Gasteiger partial charge >= 0.3 is 6.03 Å². The second-order valence-electron chi connectivity index (χ2n) is 7.43. The van der Waals surface area contributed by atoms with E-state index in [-0.39, 0.29) is 11.9 Å². The summed E-state index contributed by atoms with van der Waals surface area (Å²) in [4.78, 5) is 28.8. The third-order valence-electron chi connectivity index (χ3n) is 5.29. The monoisotopic (exact) mass is 363 g/mol. The normalized spacial score (nSPS) is 17.1. The highest BCUT2D eigenvalue weighted by molar-refractivity contribution is 5.96. The lowest BCUT2D eigenvalue weighted by Gasteiger charge is -2.36. The predicted octanol–water partition coefficient (Wildman–Crippen LogP) is 3.72. The molecule has 27 heavy (non-hydrogen) atoms. The highest BCUT2D eigenvalue weighted by atomic mass is 16.2. The van der Waals surface area contributed by atoms with Crippen molar-refractivity contribution in [3.05, 3.63) is 65.2 Å². The molecule has 1 aliphatic heterocycles. The molecule has 140 valence electrons. The number of rotatable bonds is 5. The molecule has 1 saturated heterocycles. The fourth-order valence-electron chi connectivity index (χ4n) is 3.45. The molecule has 0 spiro atoms. The maximum absolute atomic E-state index is 13.0. The molecule has 3 amide bonds.